The summed E-state index contributed by atoms with van der Waals surface area (Å²) in [4.78, 5) is 31.0. The zero-order valence-electron chi connectivity index (χ0n) is 48.5. The third kappa shape index (κ3) is 19.5. The van der Waals surface area contributed by atoms with Crippen LogP contribution in [0.15, 0.2) is 66.4 Å². The van der Waals surface area contributed by atoms with Crippen molar-refractivity contribution in [2.45, 2.75) is 250 Å². The molecule has 0 radical (unpaired) electrons. The lowest BCUT2D eigenvalue weighted by Gasteiger charge is -2.26. The van der Waals surface area contributed by atoms with Gasteiger partial charge in [0.2, 0.25) is 0 Å². The van der Waals surface area contributed by atoms with Crippen molar-refractivity contribution in [3.05, 3.63) is 86.5 Å². The summed E-state index contributed by atoms with van der Waals surface area (Å²) >= 11 is 0. The average Bonchev–Trinajstić information content (AvgIpc) is 3.46. The fraction of sp³-hybridized carbons (Fsp3) is 0.571. The Morgan fingerprint density at radius 2 is 0.684 bits per heavy atom. The molecule has 3 fully saturated rings. The monoisotopic (exact) mass is 1060 g/mol. The molecule has 0 aromatic heterocycles. The molecule has 79 heavy (non-hydrogen) atoms. The van der Waals surface area contributed by atoms with Crippen molar-refractivity contribution in [1.29, 1.82) is 0 Å². The highest BCUT2D eigenvalue weighted by molar-refractivity contribution is 5.95. The van der Waals surface area contributed by atoms with E-state index in [1.807, 2.05) is 55.8 Å². The van der Waals surface area contributed by atoms with Crippen LogP contribution in [0, 0.1) is 41.4 Å². The van der Waals surface area contributed by atoms with E-state index in [4.69, 9.17) is 30.0 Å². The summed E-state index contributed by atoms with van der Waals surface area (Å²) in [5.41, 5.74) is 5.98. The first kappa shape index (κ1) is 60.4. The van der Waals surface area contributed by atoms with Gasteiger partial charge in [0.1, 0.15) is 17.2 Å². The summed E-state index contributed by atoms with van der Waals surface area (Å²) in [5, 5.41) is 35.9. The standard InChI is InChI=1S/C70H92N6O3/c1-5-8-11-13-15-16-17-18-20-22-31-54-42-58-48-73-63-33-24-23-32-62(63)71-46-56-40-53(30-10-7-3)41-57(68(56)77)47-72-64-34-25-27-36-66(64)75-50-60-44-55(39-38-52(4)29-21-19-14-12-9-6-2)45-61(70(60)79)51-76-67-37-28-26-35-65(67)74-49-59(43-54)69(58)78/h40-52,62-67,77-79H,5-9,11-21,23-29,32-37H2,1-4H3. The van der Waals surface area contributed by atoms with Crippen LogP contribution < -0.4 is 0 Å². The van der Waals surface area contributed by atoms with Gasteiger partial charge in [-0.2, -0.15) is 0 Å². The second kappa shape index (κ2) is 33.4. The summed E-state index contributed by atoms with van der Waals surface area (Å²) < 4.78 is 0. The van der Waals surface area contributed by atoms with Crippen molar-refractivity contribution in [3.63, 3.8) is 0 Å². The Bertz CT molecular complexity index is 2800. The number of aromatic hydroxyl groups is 3. The summed E-state index contributed by atoms with van der Waals surface area (Å²) in [6.07, 6.45) is 42.3. The van der Waals surface area contributed by atoms with Crippen LogP contribution in [0.3, 0.4) is 0 Å². The second-order valence-electron chi connectivity index (χ2n) is 22.8. The predicted octanol–water partition coefficient (Wildman–Crippen LogP) is 16.0. The number of aliphatic imine (C=N–C) groups is 6. The fourth-order valence-electron chi connectivity index (χ4n) is 11.4. The van der Waals surface area contributed by atoms with Gasteiger partial charge in [0.15, 0.2) is 0 Å². The Labute approximate surface area is 475 Å². The highest BCUT2D eigenvalue weighted by atomic mass is 16.3. The van der Waals surface area contributed by atoms with Gasteiger partial charge >= 0.3 is 0 Å². The van der Waals surface area contributed by atoms with Crippen LogP contribution in [0.1, 0.15) is 264 Å². The van der Waals surface area contributed by atoms with Crippen molar-refractivity contribution >= 4 is 37.3 Å². The number of nitrogens with zero attached hydrogens (tertiary/aromatic N) is 6. The van der Waals surface area contributed by atoms with Crippen molar-refractivity contribution in [3.8, 4) is 52.8 Å². The molecule has 0 amide bonds. The summed E-state index contributed by atoms with van der Waals surface area (Å²) in [5.74, 6) is 21.0. The van der Waals surface area contributed by atoms with Gasteiger partial charge in [-0.15, -0.1) is 0 Å². The Kier molecular flexibility index (Phi) is 25.5. The molecular formula is C70H92N6O3. The number of rotatable bonds is 15. The summed E-state index contributed by atoms with van der Waals surface area (Å²) in [6.45, 7) is 8.75. The first-order valence-corrected chi connectivity index (χ1v) is 31.0. The third-order valence-corrected chi connectivity index (χ3v) is 16.3. The minimum absolute atomic E-state index is 0.108. The lowest BCUT2D eigenvalue weighted by atomic mass is 9.91. The molecule has 9 nitrogen and oxygen atoms in total. The van der Waals surface area contributed by atoms with E-state index < -0.39 is 0 Å². The average molecular weight is 1070 g/mol. The van der Waals surface area contributed by atoms with Gasteiger partial charge in [0.05, 0.1) is 36.3 Å². The summed E-state index contributed by atoms with van der Waals surface area (Å²) in [6, 6.07) is 10.9. The molecule has 6 bridgehead atoms. The van der Waals surface area contributed by atoms with Gasteiger partial charge in [0.25, 0.3) is 0 Å². The largest absolute Gasteiger partial charge is 0.507 e. The third-order valence-electron chi connectivity index (χ3n) is 16.3. The topological polar surface area (TPSA) is 135 Å². The number of benzene rings is 3. The Morgan fingerprint density at radius 3 is 1.01 bits per heavy atom. The van der Waals surface area contributed by atoms with E-state index in [-0.39, 0.29) is 59.4 Å². The molecule has 3 saturated carbocycles. The highest BCUT2D eigenvalue weighted by Crippen LogP contribution is 2.32. The molecule has 0 spiro atoms. The zero-order valence-corrected chi connectivity index (χ0v) is 48.5. The van der Waals surface area contributed by atoms with Gasteiger partial charge < -0.3 is 15.3 Å². The molecule has 3 aromatic rings. The molecule has 0 saturated heterocycles. The highest BCUT2D eigenvalue weighted by Gasteiger charge is 2.27. The van der Waals surface area contributed by atoms with Crippen molar-refractivity contribution in [2.75, 3.05) is 0 Å². The number of fused-ring (bicyclic) bond motifs is 9. The molecular weight excluding hydrogens is 973 g/mol. The maximum Gasteiger partial charge on any atom is 0.133 e. The number of hydrogen-bond donors (Lipinski definition) is 3. The minimum atomic E-state index is -0.118. The molecule has 4 aliphatic rings. The normalized spacial score (nSPS) is 21.4. The van der Waals surface area contributed by atoms with Crippen LogP contribution >= 0.6 is 0 Å². The van der Waals surface area contributed by atoms with E-state index >= 15 is 0 Å². The molecule has 7 rings (SSSR count). The Balaban J connectivity index is 1.27. The fourth-order valence-corrected chi connectivity index (χ4v) is 11.4. The van der Waals surface area contributed by atoms with Crippen LogP contribution in [0.25, 0.3) is 0 Å². The number of hydrogen-bond acceptors (Lipinski definition) is 9. The van der Waals surface area contributed by atoms with Crippen LogP contribution in [-0.2, 0) is 0 Å². The van der Waals surface area contributed by atoms with E-state index in [9.17, 15) is 15.3 Å². The van der Waals surface area contributed by atoms with Gasteiger partial charge in [-0.3, -0.25) is 30.0 Å². The van der Waals surface area contributed by atoms with Crippen LogP contribution in [0.2, 0.25) is 0 Å². The maximum absolute atomic E-state index is 12.0. The molecule has 9 heteroatoms. The number of phenolic OH excluding ortho intramolecular Hbond substituents is 3. The van der Waals surface area contributed by atoms with Gasteiger partial charge in [-0.25, -0.2) is 0 Å². The lowest BCUT2D eigenvalue weighted by Crippen LogP contribution is -2.27. The molecule has 420 valence electrons. The molecule has 3 aliphatic carbocycles. The molecule has 1 aliphatic heterocycles. The van der Waals surface area contributed by atoms with Crippen molar-refractivity contribution in [2.24, 2.45) is 35.9 Å². The van der Waals surface area contributed by atoms with Crippen LogP contribution in [0.4, 0.5) is 0 Å². The SMILES string of the molecule is CCC#Cc1cc2c(O)c(c1)C=NC1CCCCC1N=Cc1cc(C#CC(C)CCCCCCCC)cc(c1O)C=NC1CCCCC1N=Cc1cc(C#CCCCCCCCCCC)cc(c1O)C=NC1CCCCC1N=C2. The van der Waals surface area contributed by atoms with E-state index in [1.54, 1.807) is 24.9 Å². The molecule has 3 N–H and O–H groups in total. The molecule has 7 atom stereocenters. The van der Waals surface area contributed by atoms with Crippen molar-refractivity contribution in [1.82, 2.24) is 0 Å². The number of unbranched alkanes of at least 4 members (excludes halogenated alkanes) is 13. The lowest BCUT2D eigenvalue weighted by molar-refractivity contribution is 0.389. The number of phenols is 3. The Morgan fingerprint density at radius 1 is 0.392 bits per heavy atom. The quantitative estimate of drug-likeness (QED) is 0.103. The minimum Gasteiger partial charge on any atom is -0.507 e. The molecule has 7 unspecified atom stereocenters. The van der Waals surface area contributed by atoms with E-state index in [0.717, 1.165) is 113 Å². The van der Waals surface area contributed by atoms with E-state index in [1.165, 1.54) is 83.5 Å². The predicted molar refractivity (Wildman–Crippen MR) is 333 cm³/mol. The van der Waals surface area contributed by atoms with Crippen molar-refractivity contribution < 1.29 is 15.3 Å². The van der Waals surface area contributed by atoms with Gasteiger partial charge in [0, 0.05) is 106 Å². The smallest absolute Gasteiger partial charge is 0.133 e. The second-order valence-corrected chi connectivity index (χ2v) is 22.8. The van der Waals surface area contributed by atoms with E-state index in [0.29, 0.717) is 39.8 Å². The first-order valence-electron chi connectivity index (χ1n) is 31.0. The summed E-state index contributed by atoms with van der Waals surface area (Å²) in [7, 11) is 0. The first-order chi connectivity index (χ1) is 38.7. The zero-order chi connectivity index (χ0) is 55.4. The Hall–Kier alpha value is -6.24. The van der Waals surface area contributed by atoms with Gasteiger partial charge in [-0.1, -0.05) is 185 Å². The van der Waals surface area contributed by atoms with Crippen LogP contribution in [0.5, 0.6) is 17.2 Å². The maximum atomic E-state index is 12.0. The van der Waals surface area contributed by atoms with Gasteiger partial charge in [-0.05, 0) is 87.8 Å². The molecule has 3 aromatic carbocycles. The van der Waals surface area contributed by atoms with E-state index in [2.05, 4.69) is 56.3 Å². The van der Waals surface area contributed by atoms with Crippen LogP contribution in [-0.4, -0.2) is 88.9 Å². The molecule has 1 heterocycles.